The van der Waals surface area contributed by atoms with E-state index in [1.807, 2.05) is 0 Å². The number of hydrogen-bond acceptors (Lipinski definition) is 3. The molecule has 130 valence electrons. The van der Waals surface area contributed by atoms with Gasteiger partial charge in [-0.05, 0) is 86.9 Å². The smallest absolute Gasteiger partial charge is 0.0836 e. The second kappa shape index (κ2) is 5.57. The number of hydrogen-bond donors (Lipinski definition) is 3. The number of aliphatic hydroxyl groups excluding tert-OH is 3. The number of allylic oxidation sites excluding steroid dienone is 2. The van der Waals surface area contributed by atoms with Gasteiger partial charge >= 0.3 is 0 Å². The number of aliphatic hydroxyl groups is 3. The van der Waals surface area contributed by atoms with E-state index in [2.05, 4.69) is 19.9 Å². The summed E-state index contributed by atoms with van der Waals surface area (Å²) in [5.74, 6) is 2.00. The highest BCUT2D eigenvalue weighted by molar-refractivity contribution is 5.19. The fraction of sp³-hybridized carbons (Fsp3) is 0.900. The zero-order valence-corrected chi connectivity index (χ0v) is 14.5. The maximum atomic E-state index is 11.0. The number of fused-ring (bicyclic) bond motifs is 5. The SMILES string of the molecule is CC=C1CCC2C1CCC1C2[C@@H](O)[C@H](O)C2C[C@@H](O)CC[C@]12C. The molecule has 5 unspecified atom stereocenters. The average Bonchev–Trinajstić information content (AvgIpc) is 2.97. The van der Waals surface area contributed by atoms with Crippen LogP contribution in [-0.2, 0) is 0 Å². The van der Waals surface area contributed by atoms with Gasteiger partial charge in [0.15, 0.2) is 0 Å². The third kappa shape index (κ3) is 2.19. The van der Waals surface area contributed by atoms with Crippen LogP contribution in [-0.4, -0.2) is 33.6 Å². The molecule has 23 heavy (non-hydrogen) atoms. The molecule has 4 saturated carbocycles. The predicted molar refractivity (Wildman–Crippen MR) is 89.7 cm³/mol. The zero-order valence-electron chi connectivity index (χ0n) is 14.5. The van der Waals surface area contributed by atoms with E-state index in [0.29, 0.717) is 24.2 Å². The van der Waals surface area contributed by atoms with Gasteiger partial charge in [0.05, 0.1) is 18.3 Å². The van der Waals surface area contributed by atoms with Gasteiger partial charge in [-0.15, -0.1) is 0 Å². The molecule has 0 amide bonds. The molecule has 3 N–H and O–H groups in total. The fourth-order valence-electron chi connectivity index (χ4n) is 7.12. The van der Waals surface area contributed by atoms with E-state index in [9.17, 15) is 15.3 Å². The van der Waals surface area contributed by atoms with Crippen LogP contribution in [0.5, 0.6) is 0 Å². The molecule has 3 nitrogen and oxygen atoms in total. The number of rotatable bonds is 0. The summed E-state index contributed by atoms with van der Waals surface area (Å²) < 4.78 is 0. The molecule has 4 aliphatic carbocycles. The maximum absolute atomic E-state index is 11.0. The van der Waals surface area contributed by atoms with Crippen LogP contribution >= 0.6 is 0 Å². The molecule has 4 fully saturated rings. The fourth-order valence-corrected chi connectivity index (χ4v) is 7.12. The second-order valence-electron chi connectivity index (χ2n) is 8.96. The Morgan fingerprint density at radius 1 is 1.00 bits per heavy atom. The summed E-state index contributed by atoms with van der Waals surface area (Å²) in [7, 11) is 0. The highest BCUT2D eigenvalue weighted by Crippen LogP contribution is 2.63. The summed E-state index contributed by atoms with van der Waals surface area (Å²) in [6.07, 6.45) is 8.01. The van der Waals surface area contributed by atoms with Crippen LogP contribution in [0.3, 0.4) is 0 Å². The first-order valence-corrected chi connectivity index (χ1v) is 9.66. The van der Waals surface area contributed by atoms with E-state index in [1.165, 1.54) is 25.7 Å². The van der Waals surface area contributed by atoms with Crippen molar-refractivity contribution in [2.24, 2.45) is 35.0 Å². The molecule has 4 aliphatic rings. The van der Waals surface area contributed by atoms with Gasteiger partial charge in [-0.25, -0.2) is 0 Å². The van der Waals surface area contributed by atoms with Gasteiger partial charge in [-0.2, -0.15) is 0 Å². The van der Waals surface area contributed by atoms with Crippen LogP contribution in [0.2, 0.25) is 0 Å². The van der Waals surface area contributed by atoms with Crippen molar-refractivity contribution in [1.29, 1.82) is 0 Å². The van der Waals surface area contributed by atoms with Crippen molar-refractivity contribution < 1.29 is 15.3 Å². The lowest BCUT2D eigenvalue weighted by Gasteiger charge is -2.61. The van der Waals surface area contributed by atoms with Crippen molar-refractivity contribution in [2.75, 3.05) is 0 Å². The molecular formula is C20H32O3. The van der Waals surface area contributed by atoms with Crippen molar-refractivity contribution in [3.05, 3.63) is 11.6 Å². The average molecular weight is 320 g/mol. The first kappa shape index (κ1) is 16.1. The normalized spacial score (nSPS) is 57.7. The largest absolute Gasteiger partial charge is 0.393 e. The highest BCUT2D eigenvalue weighted by atomic mass is 16.3. The first-order chi connectivity index (χ1) is 11.0. The van der Waals surface area contributed by atoms with Crippen LogP contribution in [0.15, 0.2) is 11.6 Å². The quantitative estimate of drug-likeness (QED) is 0.602. The summed E-state index contributed by atoms with van der Waals surface area (Å²) in [6, 6.07) is 0. The van der Waals surface area contributed by atoms with Crippen LogP contribution in [0.4, 0.5) is 0 Å². The second-order valence-corrected chi connectivity index (χ2v) is 8.96. The molecule has 0 aromatic rings. The maximum Gasteiger partial charge on any atom is 0.0836 e. The molecule has 0 aromatic heterocycles. The lowest BCUT2D eigenvalue weighted by molar-refractivity contribution is -0.210. The van der Waals surface area contributed by atoms with E-state index in [-0.39, 0.29) is 23.4 Å². The third-order valence-electron chi connectivity index (χ3n) is 8.27. The van der Waals surface area contributed by atoms with Gasteiger partial charge < -0.3 is 15.3 Å². The van der Waals surface area contributed by atoms with Crippen LogP contribution in [0.25, 0.3) is 0 Å². The highest BCUT2D eigenvalue weighted by Gasteiger charge is 2.61. The van der Waals surface area contributed by atoms with Crippen LogP contribution in [0, 0.1) is 35.0 Å². The van der Waals surface area contributed by atoms with Crippen LogP contribution in [0.1, 0.15) is 58.8 Å². The standard InChI is InChI=1S/C20H32O3/c1-3-11-4-5-14-13(11)6-7-15-17(14)19(23)18(22)16-10-12(21)8-9-20(15,16)2/h3,12-19,21-23H,4-10H2,1-2H3/t12-,13?,14?,15?,16?,17?,18+,19+,20+/m0/s1. The molecule has 3 heteroatoms. The van der Waals surface area contributed by atoms with Crippen molar-refractivity contribution in [3.63, 3.8) is 0 Å². The van der Waals surface area contributed by atoms with Crippen molar-refractivity contribution in [3.8, 4) is 0 Å². The molecule has 0 spiro atoms. The van der Waals surface area contributed by atoms with Crippen molar-refractivity contribution >= 4 is 0 Å². The Morgan fingerprint density at radius 3 is 2.52 bits per heavy atom. The molecule has 0 aromatic carbocycles. The lowest BCUT2D eigenvalue weighted by Crippen LogP contribution is -2.62. The lowest BCUT2D eigenvalue weighted by atomic mass is 9.45. The minimum atomic E-state index is -0.662. The zero-order chi connectivity index (χ0) is 16.4. The Morgan fingerprint density at radius 2 is 1.78 bits per heavy atom. The summed E-state index contributed by atoms with van der Waals surface area (Å²) >= 11 is 0. The van der Waals surface area contributed by atoms with E-state index in [1.54, 1.807) is 5.57 Å². The Hall–Kier alpha value is -0.380. The Bertz CT molecular complexity index is 501. The van der Waals surface area contributed by atoms with E-state index < -0.39 is 12.2 Å². The van der Waals surface area contributed by atoms with E-state index in [0.717, 1.165) is 12.8 Å². The topological polar surface area (TPSA) is 60.7 Å². The summed E-state index contributed by atoms with van der Waals surface area (Å²) in [5.41, 5.74) is 1.67. The molecule has 0 radical (unpaired) electrons. The molecule has 9 atom stereocenters. The summed E-state index contributed by atoms with van der Waals surface area (Å²) in [5, 5.41) is 31.9. The Kier molecular flexibility index (Phi) is 3.90. The summed E-state index contributed by atoms with van der Waals surface area (Å²) in [6.45, 7) is 4.48. The van der Waals surface area contributed by atoms with Gasteiger partial charge in [-0.3, -0.25) is 0 Å². The minimum absolute atomic E-state index is 0.0571. The third-order valence-corrected chi connectivity index (χ3v) is 8.27. The summed E-state index contributed by atoms with van der Waals surface area (Å²) in [4.78, 5) is 0. The minimum Gasteiger partial charge on any atom is -0.393 e. The van der Waals surface area contributed by atoms with E-state index in [4.69, 9.17) is 0 Å². The first-order valence-electron chi connectivity index (χ1n) is 9.66. The molecule has 0 heterocycles. The van der Waals surface area contributed by atoms with Crippen LogP contribution < -0.4 is 0 Å². The molecular weight excluding hydrogens is 288 g/mol. The van der Waals surface area contributed by atoms with Gasteiger partial charge in [0, 0.05) is 0 Å². The van der Waals surface area contributed by atoms with Crippen molar-refractivity contribution in [2.45, 2.75) is 77.1 Å². The monoisotopic (exact) mass is 320 g/mol. The van der Waals surface area contributed by atoms with Crippen molar-refractivity contribution in [1.82, 2.24) is 0 Å². The van der Waals surface area contributed by atoms with Gasteiger partial charge in [-0.1, -0.05) is 18.6 Å². The Labute approximate surface area is 139 Å². The molecule has 0 saturated heterocycles. The van der Waals surface area contributed by atoms with E-state index >= 15 is 0 Å². The predicted octanol–water partition coefficient (Wildman–Crippen LogP) is 2.89. The molecule has 0 aliphatic heterocycles. The van der Waals surface area contributed by atoms with Gasteiger partial charge in [0.25, 0.3) is 0 Å². The molecule has 4 rings (SSSR count). The van der Waals surface area contributed by atoms with Gasteiger partial charge in [0.2, 0.25) is 0 Å². The van der Waals surface area contributed by atoms with Gasteiger partial charge in [0.1, 0.15) is 0 Å². The molecule has 0 bridgehead atoms. The Balaban J connectivity index is 1.69.